The average molecular weight is 166 g/mol. The number of H-pyrrole nitrogens is 1. The Kier molecular flexibility index (Phi) is 1.25. The minimum Gasteiger partial charge on any atom is -0.271 e. The Bertz CT molecular complexity index is 441. The molecule has 4 nitrogen and oxygen atoms in total. The van der Waals surface area contributed by atoms with Crippen molar-refractivity contribution in [2.24, 2.45) is 0 Å². The minimum atomic E-state index is 0.581. The highest BCUT2D eigenvalue weighted by Crippen LogP contribution is 2.02. The molecule has 0 bridgehead atoms. The fourth-order valence-electron chi connectivity index (χ4n) is 1.02. The van der Waals surface area contributed by atoms with Crippen LogP contribution in [0.3, 0.4) is 0 Å². The number of hydrogen-bond donors (Lipinski definition) is 1. The van der Waals surface area contributed by atoms with E-state index >= 15 is 0 Å². The van der Waals surface area contributed by atoms with Crippen LogP contribution in [0.1, 0.15) is 5.82 Å². The standard InChI is InChI=1S/C6H6N4S/c1-4-7-2-5-3-8-9-6(11)10(4)5/h2-3H,1H3,(H,9,11). The summed E-state index contributed by atoms with van der Waals surface area (Å²) in [6, 6.07) is 0. The molecule has 1 N–H and O–H groups in total. The van der Waals surface area contributed by atoms with Crippen LogP contribution in [-0.2, 0) is 0 Å². The van der Waals surface area contributed by atoms with Gasteiger partial charge in [-0.25, -0.2) is 4.98 Å². The fraction of sp³-hybridized carbons (Fsp3) is 0.167. The third-order valence-electron chi connectivity index (χ3n) is 1.53. The quantitative estimate of drug-likeness (QED) is 0.596. The summed E-state index contributed by atoms with van der Waals surface area (Å²) >= 11 is 5.00. The van der Waals surface area contributed by atoms with Crippen LogP contribution < -0.4 is 0 Å². The van der Waals surface area contributed by atoms with E-state index in [0.717, 1.165) is 11.3 Å². The number of nitrogens with zero attached hydrogens (tertiary/aromatic N) is 3. The molecular weight excluding hydrogens is 160 g/mol. The lowest BCUT2D eigenvalue weighted by atomic mass is 10.6. The van der Waals surface area contributed by atoms with Gasteiger partial charge in [0, 0.05) is 0 Å². The molecule has 2 aromatic rings. The molecule has 0 saturated carbocycles. The van der Waals surface area contributed by atoms with E-state index in [1.165, 1.54) is 0 Å². The van der Waals surface area contributed by atoms with Crippen molar-refractivity contribution in [1.82, 2.24) is 19.6 Å². The van der Waals surface area contributed by atoms with Gasteiger partial charge in [0.2, 0.25) is 0 Å². The summed E-state index contributed by atoms with van der Waals surface area (Å²) in [6.45, 7) is 1.90. The number of rotatable bonds is 0. The van der Waals surface area contributed by atoms with Gasteiger partial charge >= 0.3 is 0 Å². The Labute approximate surface area is 67.9 Å². The number of fused-ring (bicyclic) bond motifs is 1. The van der Waals surface area contributed by atoms with E-state index < -0.39 is 0 Å². The van der Waals surface area contributed by atoms with Gasteiger partial charge in [0.05, 0.1) is 17.9 Å². The van der Waals surface area contributed by atoms with Crippen molar-refractivity contribution in [3.05, 3.63) is 23.0 Å². The first-order chi connectivity index (χ1) is 5.29. The van der Waals surface area contributed by atoms with Gasteiger partial charge in [0.1, 0.15) is 5.82 Å². The van der Waals surface area contributed by atoms with Gasteiger partial charge in [-0.3, -0.25) is 9.50 Å². The Morgan fingerprint density at radius 1 is 1.55 bits per heavy atom. The van der Waals surface area contributed by atoms with Crippen molar-refractivity contribution in [2.45, 2.75) is 6.92 Å². The molecule has 0 atom stereocenters. The molecule has 0 aromatic carbocycles. The second-order valence-corrected chi connectivity index (χ2v) is 2.63. The van der Waals surface area contributed by atoms with Gasteiger partial charge in [0.15, 0.2) is 4.77 Å². The molecule has 0 fully saturated rings. The molecule has 0 radical (unpaired) electrons. The molecule has 0 amide bonds. The predicted molar refractivity (Wildman–Crippen MR) is 42.9 cm³/mol. The van der Waals surface area contributed by atoms with E-state index in [9.17, 15) is 0 Å². The number of aromatic amines is 1. The number of aromatic nitrogens is 4. The van der Waals surface area contributed by atoms with E-state index in [2.05, 4.69) is 15.2 Å². The molecule has 0 unspecified atom stereocenters. The molecule has 0 aliphatic rings. The molecule has 0 aliphatic carbocycles. The predicted octanol–water partition coefficient (Wildman–Crippen LogP) is 1.10. The lowest BCUT2D eigenvalue weighted by Crippen LogP contribution is -1.93. The lowest BCUT2D eigenvalue weighted by molar-refractivity contribution is 0.896. The molecule has 2 rings (SSSR count). The summed E-state index contributed by atoms with van der Waals surface area (Å²) in [5.74, 6) is 0.878. The SMILES string of the molecule is Cc1ncc2cn[nH]c(=S)n12. The van der Waals surface area contributed by atoms with Crippen LogP contribution in [-0.4, -0.2) is 19.6 Å². The molecule has 2 aromatic heterocycles. The van der Waals surface area contributed by atoms with Gasteiger partial charge in [-0.05, 0) is 19.1 Å². The van der Waals surface area contributed by atoms with E-state index in [1.807, 2.05) is 11.3 Å². The molecule has 0 saturated heterocycles. The van der Waals surface area contributed by atoms with Crippen molar-refractivity contribution < 1.29 is 0 Å². The Morgan fingerprint density at radius 2 is 2.36 bits per heavy atom. The number of hydrogen-bond acceptors (Lipinski definition) is 3. The third kappa shape index (κ3) is 0.848. The fourth-order valence-corrected chi connectivity index (χ4v) is 1.31. The third-order valence-corrected chi connectivity index (χ3v) is 1.80. The van der Waals surface area contributed by atoms with Crippen LogP contribution in [0.2, 0.25) is 0 Å². The summed E-state index contributed by atoms with van der Waals surface area (Å²) in [5, 5.41) is 6.52. The van der Waals surface area contributed by atoms with Crippen molar-refractivity contribution in [1.29, 1.82) is 0 Å². The van der Waals surface area contributed by atoms with Crippen LogP contribution >= 0.6 is 12.2 Å². The average Bonchev–Trinajstić information content (AvgIpc) is 2.34. The number of aryl methyl sites for hydroxylation is 1. The second kappa shape index (κ2) is 2.13. The van der Waals surface area contributed by atoms with Crippen molar-refractivity contribution in [3.8, 4) is 0 Å². The Morgan fingerprint density at radius 3 is 3.09 bits per heavy atom. The first kappa shape index (κ1) is 6.48. The summed E-state index contributed by atoms with van der Waals surface area (Å²) in [7, 11) is 0. The maximum Gasteiger partial charge on any atom is 0.199 e. The second-order valence-electron chi connectivity index (χ2n) is 2.24. The molecular formula is C6H6N4S. The lowest BCUT2D eigenvalue weighted by Gasteiger charge is -1.92. The van der Waals surface area contributed by atoms with Crippen molar-refractivity contribution in [2.75, 3.05) is 0 Å². The summed E-state index contributed by atoms with van der Waals surface area (Å²) in [5.41, 5.74) is 0.922. The maximum atomic E-state index is 5.00. The van der Waals surface area contributed by atoms with Crippen LogP contribution in [0.15, 0.2) is 12.4 Å². The summed E-state index contributed by atoms with van der Waals surface area (Å²) in [4.78, 5) is 4.09. The molecule has 0 aliphatic heterocycles. The van der Waals surface area contributed by atoms with Crippen LogP contribution in [0.4, 0.5) is 0 Å². The van der Waals surface area contributed by atoms with Crippen LogP contribution in [0, 0.1) is 11.7 Å². The highest BCUT2D eigenvalue weighted by molar-refractivity contribution is 7.71. The normalized spacial score (nSPS) is 10.6. The van der Waals surface area contributed by atoms with E-state index in [0.29, 0.717) is 4.77 Å². The van der Waals surface area contributed by atoms with Gasteiger partial charge in [-0.15, -0.1) is 0 Å². The topological polar surface area (TPSA) is 46.0 Å². The Hall–Kier alpha value is -1.23. The Balaban J connectivity index is 3.08. The zero-order valence-electron chi connectivity index (χ0n) is 5.90. The summed E-state index contributed by atoms with van der Waals surface area (Å²) < 4.78 is 2.42. The molecule has 56 valence electrons. The molecule has 5 heteroatoms. The van der Waals surface area contributed by atoms with Gasteiger partial charge in [0.25, 0.3) is 0 Å². The van der Waals surface area contributed by atoms with Gasteiger partial charge in [-0.2, -0.15) is 5.10 Å². The monoisotopic (exact) mass is 166 g/mol. The smallest absolute Gasteiger partial charge is 0.199 e. The molecule has 2 heterocycles. The van der Waals surface area contributed by atoms with Gasteiger partial charge < -0.3 is 0 Å². The number of imidazole rings is 1. The van der Waals surface area contributed by atoms with E-state index in [1.54, 1.807) is 12.4 Å². The maximum absolute atomic E-state index is 5.00. The summed E-state index contributed by atoms with van der Waals surface area (Å²) in [6.07, 6.45) is 3.43. The zero-order chi connectivity index (χ0) is 7.84. The highest BCUT2D eigenvalue weighted by Gasteiger charge is 1.97. The number of nitrogens with one attached hydrogen (secondary N) is 1. The van der Waals surface area contributed by atoms with Crippen molar-refractivity contribution in [3.63, 3.8) is 0 Å². The first-order valence-corrected chi connectivity index (χ1v) is 3.57. The highest BCUT2D eigenvalue weighted by atomic mass is 32.1. The van der Waals surface area contributed by atoms with Crippen LogP contribution in [0.25, 0.3) is 5.52 Å². The van der Waals surface area contributed by atoms with Crippen LogP contribution in [0.5, 0.6) is 0 Å². The van der Waals surface area contributed by atoms with E-state index in [-0.39, 0.29) is 0 Å². The molecule has 11 heavy (non-hydrogen) atoms. The zero-order valence-corrected chi connectivity index (χ0v) is 6.72. The first-order valence-electron chi connectivity index (χ1n) is 3.17. The van der Waals surface area contributed by atoms with Crippen molar-refractivity contribution >= 4 is 17.7 Å². The van der Waals surface area contributed by atoms with E-state index in [4.69, 9.17) is 12.2 Å². The molecule has 0 spiro atoms. The van der Waals surface area contributed by atoms with Gasteiger partial charge in [-0.1, -0.05) is 0 Å². The minimum absolute atomic E-state index is 0.581. The largest absolute Gasteiger partial charge is 0.271 e.